The second kappa shape index (κ2) is 9.97. The average molecular weight is 308 g/mol. The Bertz CT molecular complexity index is 252. The fraction of sp³-hybridized carbons (Fsp3) is 1.00. The summed E-state index contributed by atoms with van der Waals surface area (Å²) in [7, 11) is 0. The molecule has 1 rings (SSSR count). The highest BCUT2D eigenvalue weighted by Gasteiger charge is 2.43. The second-order valence-electron chi connectivity index (χ2n) is 5.33. The molecule has 0 aromatic heterocycles. The summed E-state index contributed by atoms with van der Waals surface area (Å²) in [4.78, 5) is 0. The Morgan fingerprint density at radius 1 is 0.950 bits per heavy atom. The summed E-state index contributed by atoms with van der Waals surface area (Å²) in [5.41, 5.74) is 0. The molecular weight excluding hydrogens is 280 g/mol. The van der Waals surface area contributed by atoms with Gasteiger partial charge in [-0.25, -0.2) is 0 Å². The number of ether oxygens (including phenoxy) is 1. The second-order valence-corrected chi connectivity index (χ2v) is 6.62. The number of thioether (sulfide) groups is 1. The molecule has 1 heterocycles. The van der Waals surface area contributed by atoms with Crippen molar-refractivity contribution in [3.05, 3.63) is 0 Å². The van der Waals surface area contributed by atoms with E-state index in [9.17, 15) is 20.4 Å². The van der Waals surface area contributed by atoms with E-state index >= 15 is 0 Å². The van der Waals surface area contributed by atoms with E-state index in [-0.39, 0.29) is 6.61 Å². The van der Waals surface area contributed by atoms with Gasteiger partial charge in [0, 0.05) is 0 Å². The summed E-state index contributed by atoms with van der Waals surface area (Å²) in [6, 6.07) is 0. The quantitative estimate of drug-likeness (QED) is 0.473. The van der Waals surface area contributed by atoms with Crippen LogP contribution in [0.3, 0.4) is 0 Å². The van der Waals surface area contributed by atoms with Crippen molar-refractivity contribution in [2.45, 2.75) is 75.3 Å². The van der Waals surface area contributed by atoms with Crippen LogP contribution < -0.4 is 0 Å². The first-order chi connectivity index (χ1) is 9.61. The Hall–Kier alpha value is 0.150. The first-order valence-electron chi connectivity index (χ1n) is 7.54. The summed E-state index contributed by atoms with van der Waals surface area (Å²) >= 11 is 1.50. The van der Waals surface area contributed by atoms with E-state index in [1.165, 1.54) is 37.4 Å². The standard InChI is InChI=1S/C14H28O5S/c1-2-3-4-5-6-7-8-20-13-10(9-15)19-14(18)12(17)11(13)16/h10-18H,2-9H2,1H3/t10-,11-,12-,13-,14+/m0/s1. The van der Waals surface area contributed by atoms with Crippen LogP contribution in [0.15, 0.2) is 0 Å². The molecule has 0 amide bonds. The zero-order valence-corrected chi connectivity index (χ0v) is 13.0. The molecule has 6 heteroatoms. The van der Waals surface area contributed by atoms with Crippen molar-refractivity contribution in [1.29, 1.82) is 0 Å². The number of hydrogen-bond acceptors (Lipinski definition) is 6. The van der Waals surface area contributed by atoms with E-state index < -0.39 is 29.9 Å². The predicted molar refractivity (Wildman–Crippen MR) is 79.6 cm³/mol. The molecule has 20 heavy (non-hydrogen) atoms. The van der Waals surface area contributed by atoms with Crippen molar-refractivity contribution in [2.24, 2.45) is 0 Å². The maximum absolute atomic E-state index is 9.96. The number of rotatable bonds is 9. The molecule has 0 radical (unpaired) electrons. The van der Waals surface area contributed by atoms with Crippen LogP contribution in [0.4, 0.5) is 0 Å². The van der Waals surface area contributed by atoms with Crippen LogP contribution in [0.5, 0.6) is 0 Å². The lowest BCUT2D eigenvalue weighted by Gasteiger charge is -2.40. The summed E-state index contributed by atoms with van der Waals surface area (Å²) in [5, 5.41) is 37.8. The monoisotopic (exact) mass is 308 g/mol. The van der Waals surface area contributed by atoms with Gasteiger partial charge >= 0.3 is 0 Å². The lowest BCUT2D eigenvalue weighted by molar-refractivity contribution is -0.248. The van der Waals surface area contributed by atoms with Crippen molar-refractivity contribution in [3.8, 4) is 0 Å². The van der Waals surface area contributed by atoms with Gasteiger partial charge in [0.2, 0.25) is 0 Å². The van der Waals surface area contributed by atoms with E-state index in [2.05, 4.69) is 6.92 Å². The molecule has 0 saturated carbocycles. The van der Waals surface area contributed by atoms with Gasteiger partial charge in [0.25, 0.3) is 0 Å². The lowest BCUT2D eigenvalue weighted by Crippen LogP contribution is -2.57. The molecule has 0 aromatic rings. The van der Waals surface area contributed by atoms with Gasteiger partial charge in [0.15, 0.2) is 6.29 Å². The Kier molecular flexibility index (Phi) is 9.08. The fourth-order valence-electron chi connectivity index (χ4n) is 2.37. The van der Waals surface area contributed by atoms with Crippen LogP contribution in [0.2, 0.25) is 0 Å². The first kappa shape index (κ1) is 18.2. The Morgan fingerprint density at radius 3 is 2.25 bits per heavy atom. The van der Waals surface area contributed by atoms with Gasteiger partial charge in [-0.15, -0.1) is 0 Å². The molecular formula is C14H28O5S. The molecule has 120 valence electrons. The average Bonchev–Trinajstić information content (AvgIpc) is 2.45. The summed E-state index contributed by atoms with van der Waals surface area (Å²) in [6.07, 6.45) is 2.78. The highest BCUT2D eigenvalue weighted by atomic mass is 32.2. The van der Waals surface area contributed by atoms with Gasteiger partial charge in [-0.1, -0.05) is 39.0 Å². The minimum absolute atomic E-state index is 0.269. The highest BCUT2D eigenvalue weighted by Crippen LogP contribution is 2.30. The van der Waals surface area contributed by atoms with Crippen LogP contribution in [0.25, 0.3) is 0 Å². The van der Waals surface area contributed by atoms with E-state index in [0.29, 0.717) is 0 Å². The topological polar surface area (TPSA) is 90.2 Å². The molecule has 5 atom stereocenters. The zero-order valence-electron chi connectivity index (χ0n) is 12.1. The smallest absolute Gasteiger partial charge is 0.183 e. The van der Waals surface area contributed by atoms with Crippen LogP contribution >= 0.6 is 11.8 Å². The molecule has 1 aliphatic heterocycles. The van der Waals surface area contributed by atoms with Crippen LogP contribution in [-0.2, 0) is 4.74 Å². The van der Waals surface area contributed by atoms with Gasteiger partial charge in [-0.05, 0) is 12.2 Å². The summed E-state index contributed by atoms with van der Waals surface area (Å²) in [6.45, 7) is 1.92. The Morgan fingerprint density at radius 2 is 1.60 bits per heavy atom. The van der Waals surface area contributed by atoms with E-state index in [0.717, 1.165) is 18.6 Å². The molecule has 4 N–H and O–H groups in total. The molecule has 0 spiro atoms. The van der Waals surface area contributed by atoms with E-state index in [4.69, 9.17) is 4.74 Å². The SMILES string of the molecule is CCCCCCCCS[C@@H]1[C@@H](O)[C@H](O)[C@H](O)O[C@H]1CO. The summed E-state index contributed by atoms with van der Waals surface area (Å²) in [5.74, 6) is 0.858. The predicted octanol–water partition coefficient (Wildman–Crippen LogP) is 0.880. The van der Waals surface area contributed by atoms with E-state index in [1.54, 1.807) is 0 Å². The van der Waals surface area contributed by atoms with Crippen LogP contribution in [0.1, 0.15) is 45.4 Å². The van der Waals surface area contributed by atoms with Crippen molar-refractivity contribution < 1.29 is 25.2 Å². The molecule has 1 fully saturated rings. The van der Waals surface area contributed by atoms with Crippen molar-refractivity contribution in [3.63, 3.8) is 0 Å². The Labute approximate surface area is 125 Å². The molecule has 0 bridgehead atoms. The number of hydrogen-bond donors (Lipinski definition) is 4. The zero-order chi connectivity index (χ0) is 15.0. The van der Waals surface area contributed by atoms with Crippen LogP contribution in [-0.4, -0.2) is 62.6 Å². The maximum Gasteiger partial charge on any atom is 0.183 e. The molecule has 0 aliphatic carbocycles. The van der Waals surface area contributed by atoms with Crippen molar-refractivity contribution >= 4 is 11.8 Å². The molecule has 0 aromatic carbocycles. The van der Waals surface area contributed by atoms with Gasteiger partial charge in [-0.3, -0.25) is 0 Å². The fourth-order valence-corrected chi connectivity index (χ4v) is 3.74. The van der Waals surface area contributed by atoms with Crippen molar-refractivity contribution in [2.75, 3.05) is 12.4 Å². The summed E-state index contributed by atoms with van der Waals surface area (Å²) < 4.78 is 5.12. The van der Waals surface area contributed by atoms with Gasteiger partial charge < -0.3 is 25.2 Å². The minimum atomic E-state index is -1.42. The molecule has 1 aliphatic rings. The molecule has 5 nitrogen and oxygen atoms in total. The molecule has 0 unspecified atom stereocenters. The largest absolute Gasteiger partial charge is 0.394 e. The number of aliphatic hydroxyl groups excluding tert-OH is 4. The minimum Gasteiger partial charge on any atom is -0.394 e. The van der Waals surface area contributed by atoms with Gasteiger partial charge in [0.05, 0.1) is 24.1 Å². The third-order valence-corrected chi connectivity index (χ3v) is 5.14. The normalized spacial score (nSPS) is 34.4. The number of unbranched alkanes of at least 4 members (excludes halogenated alkanes) is 5. The van der Waals surface area contributed by atoms with Crippen LogP contribution in [0, 0.1) is 0 Å². The van der Waals surface area contributed by atoms with E-state index in [1.807, 2.05) is 0 Å². The first-order valence-corrected chi connectivity index (χ1v) is 8.58. The highest BCUT2D eigenvalue weighted by molar-refractivity contribution is 8.00. The Balaban J connectivity index is 2.25. The molecule has 1 saturated heterocycles. The van der Waals surface area contributed by atoms with Crippen molar-refractivity contribution in [1.82, 2.24) is 0 Å². The van der Waals surface area contributed by atoms with Gasteiger partial charge in [-0.2, -0.15) is 11.8 Å². The third kappa shape index (κ3) is 5.50. The third-order valence-electron chi connectivity index (χ3n) is 3.65. The lowest BCUT2D eigenvalue weighted by atomic mass is 10.0. The van der Waals surface area contributed by atoms with Gasteiger partial charge in [0.1, 0.15) is 6.10 Å². The number of aliphatic hydroxyl groups is 4. The maximum atomic E-state index is 9.96.